The van der Waals surface area contributed by atoms with E-state index in [4.69, 9.17) is 24.2 Å². The van der Waals surface area contributed by atoms with Gasteiger partial charge in [-0.25, -0.2) is 4.79 Å². The van der Waals surface area contributed by atoms with Crippen LogP contribution in [0.1, 0.15) is 23.7 Å². The van der Waals surface area contributed by atoms with Crippen LogP contribution in [-0.4, -0.2) is 54.0 Å². The topological polar surface area (TPSA) is 99.5 Å². The van der Waals surface area contributed by atoms with Gasteiger partial charge in [-0.2, -0.15) is 0 Å². The molecule has 1 aliphatic rings. The minimum atomic E-state index is -1.56. The molecule has 0 unspecified atom stereocenters. The summed E-state index contributed by atoms with van der Waals surface area (Å²) >= 11 is 0. The Hall–Kier alpha value is -3.75. The highest BCUT2D eigenvalue weighted by atomic mass is 16.7. The van der Waals surface area contributed by atoms with Gasteiger partial charge >= 0.3 is 5.97 Å². The molecule has 35 heavy (non-hydrogen) atoms. The van der Waals surface area contributed by atoms with Crippen molar-refractivity contribution >= 4 is 11.7 Å². The molecule has 0 bridgehead atoms. The van der Waals surface area contributed by atoms with Gasteiger partial charge in [0.2, 0.25) is 0 Å². The van der Waals surface area contributed by atoms with Gasteiger partial charge in [0, 0.05) is 24.6 Å². The lowest BCUT2D eigenvalue weighted by Crippen LogP contribution is -2.48. The molecule has 182 valence electrons. The number of pyridine rings is 1. The summed E-state index contributed by atoms with van der Waals surface area (Å²) in [7, 11) is 0. The highest BCUT2D eigenvalue weighted by Crippen LogP contribution is 2.24. The number of nitrogens with zero attached hydrogens (tertiary/aromatic N) is 2. The number of aromatic nitrogens is 1. The fraction of sp³-hybridized carbons (Fsp3) is 0.296. The Kier molecular flexibility index (Phi) is 8.07. The van der Waals surface area contributed by atoms with Crippen LogP contribution in [0.4, 0.5) is 0 Å². The normalized spacial score (nSPS) is 20.3. The standard InChI is InChI=1S/C27H28N2O6/c1-27(26(30)31)33-18-21(19-34-27)17-20-10-12-23(13-11-20)32-15-16-35-29-25(22-7-3-2-4-8-22)24-9-5-6-14-28-24/h2-14,21H,15-19H2,1H3,(H,30,31)/b29-25+/t21-,27+. The first-order chi connectivity index (χ1) is 17.0. The maximum atomic E-state index is 11.2. The van der Waals surface area contributed by atoms with Gasteiger partial charge in [-0.05, 0) is 36.2 Å². The quantitative estimate of drug-likeness (QED) is 0.269. The van der Waals surface area contributed by atoms with Crippen LogP contribution in [0.15, 0.2) is 84.1 Å². The van der Waals surface area contributed by atoms with Crippen LogP contribution in [-0.2, 0) is 25.5 Å². The SMILES string of the molecule is C[C@]1(C(=O)O)OC[C@@H](Cc2ccc(OCCO/N=C(\c3ccccc3)c3ccccn3)cc2)CO1. The van der Waals surface area contributed by atoms with Gasteiger partial charge in [0.15, 0.2) is 6.61 Å². The van der Waals surface area contributed by atoms with E-state index < -0.39 is 11.8 Å². The van der Waals surface area contributed by atoms with Crippen molar-refractivity contribution < 1.29 is 28.9 Å². The Bertz CT molecular complexity index is 1070. The minimum absolute atomic E-state index is 0.0957. The average Bonchev–Trinajstić information content (AvgIpc) is 2.89. The van der Waals surface area contributed by atoms with E-state index in [1.165, 1.54) is 6.92 Å². The summed E-state index contributed by atoms with van der Waals surface area (Å²) in [6.07, 6.45) is 2.45. The zero-order valence-electron chi connectivity index (χ0n) is 19.5. The average molecular weight is 477 g/mol. The highest BCUT2D eigenvalue weighted by molar-refractivity contribution is 6.11. The Morgan fingerprint density at radius 1 is 1.03 bits per heavy atom. The maximum Gasteiger partial charge on any atom is 0.364 e. The lowest BCUT2D eigenvalue weighted by molar-refractivity contribution is -0.270. The van der Waals surface area contributed by atoms with Crippen LogP contribution in [0.2, 0.25) is 0 Å². The summed E-state index contributed by atoms with van der Waals surface area (Å²) in [6.45, 7) is 2.72. The number of carbonyl (C=O) groups is 1. The molecule has 4 rings (SSSR count). The van der Waals surface area contributed by atoms with E-state index in [0.29, 0.717) is 25.5 Å². The third-order valence-electron chi connectivity index (χ3n) is 5.58. The van der Waals surface area contributed by atoms with Crippen molar-refractivity contribution in [2.24, 2.45) is 11.1 Å². The smallest absolute Gasteiger partial charge is 0.364 e. The zero-order valence-corrected chi connectivity index (χ0v) is 19.5. The third kappa shape index (κ3) is 6.65. The van der Waals surface area contributed by atoms with Crippen molar-refractivity contribution in [1.82, 2.24) is 4.98 Å². The van der Waals surface area contributed by atoms with E-state index in [-0.39, 0.29) is 12.5 Å². The fourth-order valence-electron chi connectivity index (χ4n) is 3.59. The number of benzene rings is 2. The minimum Gasteiger partial charge on any atom is -0.490 e. The number of carboxylic acid groups (broad SMARTS) is 1. The summed E-state index contributed by atoms with van der Waals surface area (Å²) in [6, 6.07) is 23.2. The molecule has 0 aliphatic carbocycles. The molecule has 0 radical (unpaired) electrons. The summed E-state index contributed by atoms with van der Waals surface area (Å²) in [5, 5.41) is 13.5. The fourth-order valence-corrected chi connectivity index (χ4v) is 3.59. The van der Waals surface area contributed by atoms with Gasteiger partial charge < -0.3 is 24.2 Å². The van der Waals surface area contributed by atoms with Crippen molar-refractivity contribution in [1.29, 1.82) is 0 Å². The Morgan fingerprint density at radius 3 is 2.40 bits per heavy atom. The molecule has 1 N–H and O–H groups in total. The molecule has 2 heterocycles. The van der Waals surface area contributed by atoms with E-state index in [2.05, 4.69) is 10.1 Å². The molecule has 8 nitrogen and oxygen atoms in total. The van der Waals surface area contributed by atoms with Crippen molar-refractivity contribution in [3.63, 3.8) is 0 Å². The summed E-state index contributed by atoms with van der Waals surface area (Å²) < 4.78 is 16.6. The van der Waals surface area contributed by atoms with Crippen LogP contribution in [0.5, 0.6) is 5.75 Å². The number of ether oxygens (including phenoxy) is 3. The largest absolute Gasteiger partial charge is 0.490 e. The van der Waals surface area contributed by atoms with Crippen molar-refractivity contribution in [2.45, 2.75) is 19.1 Å². The van der Waals surface area contributed by atoms with E-state index in [0.717, 1.165) is 29.0 Å². The molecule has 3 aromatic rings. The van der Waals surface area contributed by atoms with Crippen LogP contribution < -0.4 is 4.74 Å². The summed E-state index contributed by atoms with van der Waals surface area (Å²) in [5.41, 5.74) is 3.41. The van der Waals surface area contributed by atoms with E-state index in [1.54, 1.807) is 6.20 Å². The van der Waals surface area contributed by atoms with Gasteiger partial charge in [0.05, 0.1) is 18.9 Å². The molecule has 1 fully saturated rings. The summed E-state index contributed by atoms with van der Waals surface area (Å²) in [5.74, 6) is -1.85. The van der Waals surface area contributed by atoms with Gasteiger partial charge in [0.1, 0.15) is 18.1 Å². The number of hydrogen-bond acceptors (Lipinski definition) is 7. The first kappa shape index (κ1) is 24.4. The van der Waals surface area contributed by atoms with Crippen molar-refractivity contribution in [3.05, 3.63) is 95.8 Å². The third-order valence-corrected chi connectivity index (χ3v) is 5.58. The summed E-state index contributed by atoms with van der Waals surface area (Å²) in [4.78, 5) is 21.1. The lowest BCUT2D eigenvalue weighted by atomic mass is 9.99. The number of oxime groups is 1. The molecule has 1 saturated heterocycles. The van der Waals surface area contributed by atoms with E-state index in [1.807, 2.05) is 72.8 Å². The van der Waals surface area contributed by atoms with Gasteiger partial charge in [-0.15, -0.1) is 0 Å². The Balaban J connectivity index is 1.24. The number of rotatable bonds is 10. The van der Waals surface area contributed by atoms with Gasteiger partial charge in [-0.3, -0.25) is 4.98 Å². The molecular formula is C27H28N2O6. The molecule has 2 aromatic carbocycles. The predicted molar refractivity (Wildman–Crippen MR) is 129 cm³/mol. The second-order valence-corrected chi connectivity index (χ2v) is 8.29. The number of aliphatic carboxylic acids is 1. The molecular weight excluding hydrogens is 448 g/mol. The molecule has 0 amide bonds. The lowest BCUT2D eigenvalue weighted by Gasteiger charge is -2.34. The molecule has 0 spiro atoms. The number of hydrogen-bond donors (Lipinski definition) is 1. The molecule has 1 aliphatic heterocycles. The first-order valence-corrected chi connectivity index (χ1v) is 11.4. The van der Waals surface area contributed by atoms with Crippen LogP contribution in [0.25, 0.3) is 0 Å². The van der Waals surface area contributed by atoms with Crippen molar-refractivity contribution in [3.8, 4) is 5.75 Å². The number of carboxylic acids is 1. The van der Waals surface area contributed by atoms with E-state index in [9.17, 15) is 4.79 Å². The second kappa shape index (κ2) is 11.6. The van der Waals surface area contributed by atoms with Crippen molar-refractivity contribution in [2.75, 3.05) is 26.4 Å². The Morgan fingerprint density at radius 2 is 1.74 bits per heavy atom. The Labute approximate surface area is 204 Å². The monoisotopic (exact) mass is 476 g/mol. The van der Waals surface area contributed by atoms with Crippen LogP contribution in [0, 0.1) is 5.92 Å². The zero-order chi connectivity index (χ0) is 24.5. The van der Waals surface area contributed by atoms with Crippen LogP contribution >= 0.6 is 0 Å². The molecule has 8 heteroatoms. The van der Waals surface area contributed by atoms with Gasteiger partial charge in [-0.1, -0.05) is 53.7 Å². The van der Waals surface area contributed by atoms with Crippen LogP contribution in [0.3, 0.4) is 0 Å². The molecule has 0 atom stereocenters. The van der Waals surface area contributed by atoms with E-state index >= 15 is 0 Å². The molecule has 1 aromatic heterocycles. The maximum absolute atomic E-state index is 11.2. The highest BCUT2D eigenvalue weighted by Gasteiger charge is 2.40. The predicted octanol–water partition coefficient (Wildman–Crippen LogP) is 3.94. The molecule has 0 saturated carbocycles. The second-order valence-electron chi connectivity index (χ2n) is 8.29. The first-order valence-electron chi connectivity index (χ1n) is 11.4. The van der Waals surface area contributed by atoms with Gasteiger partial charge in [0.25, 0.3) is 5.79 Å².